The summed E-state index contributed by atoms with van der Waals surface area (Å²) in [6.07, 6.45) is 0.222. The molecule has 40 heavy (non-hydrogen) atoms. The molecule has 1 aliphatic heterocycles. The van der Waals surface area contributed by atoms with Gasteiger partial charge in [0, 0.05) is 31.3 Å². The Morgan fingerprint density at radius 3 is 2.40 bits per heavy atom. The van der Waals surface area contributed by atoms with Crippen molar-refractivity contribution in [2.45, 2.75) is 38.2 Å². The molecule has 1 unspecified atom stereocenters. The number of carbonyl (C=O) groups excluding carboxylic acids is 3. The lowest BCUT2D eigenvalue weighted by atomic mass is 9.81. The van der Waals surface area contributed by atoms with Gasteiger partial charge in [0.2, 0.25) is 5.91 Å². The summed E-state index contributed by atoms with van der Waals surface area (Å²) in [5, 5.41) is 2.73. The molecule has 4 rings (SSSR count). The van der Waals surface area contributed by atoms with Crippen molar-refractivity contribution in [2.24, 2.45) is 5.92 Å². The molecule has 13 heteroatoms. The van der Waals surface area contributed by atoms with Gasteiger partial charge in [0.15, 0.2) is 0 Å². The lowest BCUT2D eigenvalue weighted by Gasteiger charge is -2.46. The second-order valence-electron chi connectivity index (χ2n) is 9.18. The number of rotatable bonds is 8. The van der Waals surface area contributed by atoms with Crippen molar-refractivity contribution < 1.29 is 32.3 Å². The number of urea groups is 1. The molecule has 1 aliphatic rings. The van der Waals surface area contributed by atoms with Gasteiger partial charge in [-0.3, -0.25) is 19.5 Å². The monoisotopic (exact) mass is 556 g/mol. The number of hydrogen-bond acceptors (Lipinski definition) is 7. The number of nitrogen functional groups attached to an aromatic ring is 1. The van der Waals surface area contributed by atoms with Gasteiger partial charge in [0.25, 0.3) is 5.91 Å². The Hall–Kier alpha value is -4.68. The molecule has 10 nitrogen and oxygen atoms in total. The lowest BCUT2D eigenvalue weighted by Crippen LogP contribution is -2.70. The van der Waals surface area contributed by atoms with Gasteiger partial charge in [0.05, 0.1) is 12.0 Å². The van der Waals surface area contributed by atoms with Crippen molar-refractivity contribution in [1.82, 2.24) is 20.2 Å². The number of alkyl halides is 3. The molecule has 210 valence electrons. The Labute approximate surface area is 227 Å². The number of nitrogens with one attached hydrogen (secondary N) is 1. The van der Waals surface area contributed by atoms with Crippen LogP contribution in [0.5, 0.6) is 5.75 Å². The molecular formula is C27H27F3N6O4. The maximum absolute atomic E-state index is 13.6. The van der Waals surface area contributed by atoms with Crippen LogP contribution in [0.4, 0.5) is 29.5 Å². The summed E-state index contributed by atoms with van der Waals surface area (Å²) >= 11 is 0. The summed E-state index contributed by atoms with van der Waals surface area (Å²) in [6, 6.07) is 9.04. The number of ether oxygens (including phenoxy) is 1. The fourth-order valence-electron chi connectivity index (χ4n) is 4.57. The summed E-state index contributed by atoms with van der Waals surface area (Å²) < 4.78 is 41.4. The molecule has 1 saturated heterocycles. The first kappa shape index (κ1) is 28.3. The summed E-state index contributed by atoms with van der Waals surface area (Å²) in [4.78, 5) is 50.4. The Morgan fingerprint density at radius 2 is 1.80 bits per heavy atom. The maximum atomic E-state index is 13.6. The van der Waals surface area contributed by atoms with Gasteiger partial charge in [-0.1, -0.05) is 19.1 Å². The van der Waals surface area contributed by atoms with Gasteiger partial charge >= 0.3 is 12.4 Å². The molecule has 0 radical (unpaired) electrons. The first-order chi connectivity index (χ1) is 19.0. The Balaban J connectivity index is 1.55. The van der Waals surface area contributed by atoms with Crippen molar-refractivity contribution in [3.63, 3.8) is 0 Å². The fourth-order valence-corrected chi connectivity index (χ4v) is 4.57. The van der Waals surface area contributed by atoms with Crippen LogP contribution in [-0.2, 0) is 16.0 Å². The number of likely N-dealkylation sites (N-methyl/N-ethyl adjacent to an activating group) is 1. The van der Waals surface area contributed by atoms with Crippen LogP contribution in [0.2, 0.25) is 0 Å². The predicted molar refractivity (Wildman–Crippen MR) is 139 cm³/mol. The third-order valence-electron chi connectivity index (χ3n) is 6.59. The number of imide groups is 1. The molecule has 1 aromatic carbocycles. The normalized spacial score (nSPS) is 17.5. The van der Waals surface area contributed by atoms with Crippen molar-refractivity contribution in [3.05, 3.63) is 78.2 Å². The fraction of sp³-hybridized carbons (Fsp3) is 0.296. The van der Waals surface area contributed by atoms with E-state index < -0.39 is 48.0 Å². The summed E-state index contributed by atoms with van der Waals surface area (Å²) in [6.45, 7) is 1.76. The molecule has 3 N–H and O–H groups in total. The van der Waals surface area contributed by atoms with Crippen molar-refractivity contribution in [3.8, 4) is 5.75 Å². The molecule has 1 fully saturated rings. The second kappa shape index (κ2) is 11.6. The van der Waals surface area contributed by atoms with Gasteiger partial charge in [-0.25, -0.2) is 9.78 Å². The van der Waals surface area contributed by atoms with Crippen LogP contribution in [0, 0.1) is 5.92 Å². The van der Waals surface area contributed by atoms with Crippen LogP contribution < -0.4 is 20.7 Å². The summed E-state index contributed by atoms with van der Waals surface area (Å²) in [5.41, 5.74) is 7.48. The number of anilines is 2. The van der Waals surface area contributed by atoms with E-state index in [-0.39, 0.29) is 12.2 Å². The molecule has 4 amide bonds. The largest absolute Gasteiger partial charge is 0.573 e. The Morgan fingerprint density at radius 1 is 1.12 bits per heavy atom. The van der Waals surface area contributed by atoms with Crippen LogP contribution in [-0.4, -0.2) is 52.2 Å². The van der Waals surface area contributed by atoms with Gasteiger partial charge in [-0.05, 0) is 60.4 Å². The minimum absolute atomic E-state index is 0.161. The van der Waals surface area contributed by atoms with Gasteiger partial charge in [-0.15, -0.1) is 13.2 Å². The van der Waals surface area contributed by atoms with Crippen molar-refractivity contribution in [2.75, 3.05) is 17.7 Å². The third kappa shape index (κ3) is 6.30. The molecule has 3 atom stereocenters. The van der Waals surface area contributed by atoms with E-state index >= 15 is 0 Å². The van der Waals surface area contributed by atoms with Crippen LogP contribution in [0.1, 0.15) is 30.5 Å². The summed E-state index contributed by atoms with van der Waals surface area (Å²) in [5.74, 6) is -2.00. The minimum atomic E-state index is -4.83. The molecule has 3 heterocycles. The number of benzene rings is 1. The zero-order valence-corrected chi connectivity index (χ0v) is 21.6. The van der Waals surface area contributed by atoms with Crippen molar-refractivity contribution >= 4 is 29.4 Å². The lowest BCUT2D eigenvalue weighted by molar-refractivity contribution is -0.274. The van der Waals surface area contributed by atoms with E-state index in [1.54, 1.807) is 31.2 Å². The molecule has 0 spiro atoms. The smallest absolute Gasteiger partial charge is 0.406 e. The van der Waals surface area contributed by atoms with Gasteiger partial charge < -0.3 is 20.7 Å². The van der Waals surface area contributed by atoms with E-state index in [2.05, 4.69) is 20.0 Å². The van der Waals surface area contributed by atoms with Crippen LogP contribution in [0.25, 0.3) is 0 Å². The molecular weight excluding hydrogens is 529 g/mol. The van der Waals surface area contributed by atoms with E-state index in [1.165, 1.54) is 42.7 Å². The Kier molecular flexibility index (Phi) is 8.21. The predicted octanol–water partition coefficient (Wildman–Crippen LogP) is 3.85. The summed E-state index contributed by atoms with van der Waals surface area (Å²) in [7, 11) is 1.54. The van der Waals surface area contributed by atoms with Crippen molar-refractivity contribution in [1.29, 1.82) is 0 Å². The number of nitrogens with two attached hydrogens (primary N) is 1. The molecule has 0 aliphatic carbocycles. The minimum Gasteiger partial charge on any atom is -0.406 e. The highest BCUT2D eigenvalue weighted by atomic mass is 19.4. The van der Waals surface area contributed by atoms with Crippen LogP contribution in [0.15, 0.2) is 67.1 Å². The number of β-lactam (4-membered cyclic amide) rings is 1. The number of carbonyl (C=O) groups is 3. The number of nitrogens with zero attached hydrogens (tertiary/aromatic N) is 4. The Bertz CT molecular complexity index is 1370. The van der Waals surface area contributed by atoms with Gasteiger partial charge in [0.1, 0.15) is 17.6 Å². The standard InChI is InChI=1S/C27H27F3N6O4/c1-3-21(17-4-6-19(7-5-17)40-27(28,29)30)34-26(39)36-23(25(38)35(2)18-9-11-32-12-10-18)20(24(36)37)14-16-8-13-33-22(31)15-16/h4-13,15,20-21,23H,3,14H2,1-2H3,(H2,31,33)(H,34,39)/t20?,21-,23+/m1/s1. The van der Waals surface area contributed by atoms with Gasteiger partial charge in [-0.2, -0.15) is 0 Å². The highest BCUT2D eigenvalue weighted by Gasteiger charge is 2.55. The molecule has 2 aromatic heterocycles. The topological polar surface area (TPSA) is 131 Å². The zero-order valence-electron chi connectivity index (χ0n) is 21.6. The molecule has 0 bridgehead atoms. The van der Waals surface area contributed by atoms with Crippen LogP contribution >= 0.6 is 0 Å². The number of halogens is 3. The number of amides is 4. The van der Waals surface area contributed by atoms with E-state index in [9.17, 15) is 27.6 Å². The average molecular weight is 557 g/mol. The first-order valence-corrected chi connectivity index (χ1v) is 12.4. The van der Waals surface area contributed by atoms with E-state index in [0.717, 1.165) is 17.0 Å². The SMILES string of the molecule is CC[C@@H](NC(=O)N1C(=O)C(Cc2ccnc(N)c2)[C@H]1C(=O)N(C)c1ccncc1)c1ccc(OC(F)(F)F)cc1. The first-order valence-electron chi connectivity index (χ1n) is 12.4. The second-order valence-corrected chi connectivity index (χ2v) is 9.18. The van der Waals surface area contributed by atoms with E-state index in [0.29, 0.717) is 23.2 Å². The average Bonchev–Trinajstić information content (AvgIpc) is 2.92. The number of aromatic nitrogens is 2. The quantitative estimate of drug-likeness (QED) is 0.403. The van der Waals surface area contributed by atoms with Crippen LogP contribution in [0.3, 0.4) is 0 Å². The van der Waals surface area contributed by atoms with E-state index in [4.69, 9.17) is 5.73 Å². The molecule has 0 saturated carbocycles. The number of pyridine rings is 2. The maximum Gasteiger partial charge on any atom is 0.573 e. The zero-order chi connectivity index (χ0) is 29.0. The number of hydrogen-bond donors (Lipinski definition) is 2. The number of likely N-dealkylation sites (tertiary alicyclic amines) is 1. The highest BCUT2D eigenvalue weighted by Crippen LogP contribution is 2.34. The van der Waals surface area contributed by atoms with E-state index in [1.807, 2.05) is 0 Å². The third-order valence-corrected chi connectivity index (χ3v) is 6.59. The molecule has 3 aromatic rings. The highest BCUT2D eigenvalue weighted by molar-refractivity contribution is 6.12.